The maximum absolute atomic E-state index is 11.3. The highest BCUT2D eigenvalue weighted by atomic mass is 32.2. The maximum Gasteiger partial charge on any atom is 0.314 e. The van der Waals surface area contributed by atoms with Crippen LogP contribution in [-0.2, 0) is 15.6 Å². The molecule has 17 heavy (non-hydrogen) atoms. The molecule has 0 spiro atoms. The van der Waals surface area contributed by atoms with Crippen molar-refractivity contribution in [1.29, 1.82) is 0 Å². The predicted octanol–water partition coefficient (Wildman–Crippen LogP) is 0.0209. The highest BCUT2D eigenvalue weighted by Crippen LogP contribution is 2.09. The Kier molecular flexibility index (Phi) is 7.53. The molecule has 0 aliphatic heterocycles. The second-order valence-electron chi connectivity index (χ2n) is 4.10. The van der Waals surface area contributed by atoms with Crippen LogP contribution in [-0.4, -0.2) is 46.4 Å². The van der Waals surface area contributed by atoms with Crippen LogP contribution in [0, 0.1) is 11.8 Å². The molecule has 2 atom stereocenters. The molecule has 2 unspecified atom stereocenters. The van der Waals surface area contributed by atoms with E-state index >= 15 is 0 Å². The lowest BCUT2D eigenvalue weighted by Crippen LogP contribution is -2.42. The zero-order chi connectivity index (χ0) is 13.4. The Balaban J connectivity index is 3.89. The van der Waals surface area contributed by atoms with Crippen LogP contribution in [0.2, 0.25) is 0 Å². The molecule has 6 nitrogen and oxygen atoms in total. The van der Waals surface area contributed by atoms with E-state index in [1.807, 2.05) is 0 Å². The molecule has 0 radical (unpaired) electrons. The lowest BCUT2D eigenvalue weighted by molar-refractivity contribution is -0.142. The molecular formula is C10H20N2O4S. The SMILES string of the molecule is CC(C)C(CNC(=O)NCCS(C)=O)C(=O)O. The van der Waals surface area contributed by atoms with E-state index in [4.69, 9.17) is 5.11 Å². The van der Waals surface area contributed by atoms with Gasteiger partial charge in [-0.05, 0) is 5.92 Å². The number of aliphatic carboxylic acids is 1. The van der Waals surface area contributed by atoms with Gasteiger partial charge >= 0.3 is 12.0 Å². The van der Waals surface area contributed by atoms with Crippen molar-refractivity contribution in [1.82, 2.24) is 10.6 Å². The summed E-state index contributed by atoms with van der Waals surface area (Å²) in [5.74, 6) is -1.17. The van der Waals surface area contributed by atoms with E-state index in [0.717, 1.165) is 0 Å². The summed E-state index contributed by atoms with van der Waals surface area (Å²) >= 11 is 0. The number of hydrogen-bond donors (Lipinski definition) is 3. The van der Waals surface area contributed by atoms with Gasteiger partial charge in [0.2, 0.25) is 0 Å². The van der Waals surface area contributed by atoms with Crippen molar-refractivity contribution in [3.05, 3.63) is 0 Å². The summed E-state index contributed by atoms with van der Waals surface area (Å²) in [5.41, 5.74) is 0. The highest BCUT2D eigenvalue weighted by molar-refractivity contribution is 7.84. The topological polar surface area (TPSA) is 95.5 Å². The summed E-state index contributed by atoms with van der Waals surface area (Å²) in [5, 5.41) is 13.9. The number of amides is 2. The van der Waals surface area contributed by atoms with Gasteiger partial charge in [0.15, 0.2) is 0 Å². The number of urea groups is 1. The molecule has 0 rings (SSSR count). The van der Waals surface area contributed by atoms with Gasteiger partial charge in [0.25, 0.3) is 0 Å². The maximum atomic E-state index is 11.3. The summed E-state index contributed by atoms with van der Waals surface area (Å²) in [6.07, 6.45) is 1.55. The molecule has 0 fully saturated rings. The minimum absolute atomic E-state index is 0.0454. The summed E-state index contributed by atoms with van der Waals surface area (Å²) in [6, 6.07) is -0.428. The molecule has 100 valence electrons. The average Bonchev–Trinajstić information content (AvgIpc) is 2.15. The van der Waals surface area contributed by atoms with Crippen LogP contribution in [0.1, 0.15) is 13.8 Å². The Morgan fingerprint density at radius 3 is 2.29 bits per heavy atom. The number of carbonyl (C=O) groups excluding carboxylic acids is 1. The molecule has 0 aromatic rings. The molecule has 7 heteroatoms. The minimum atomic E-state index is -0.946. The first-order valence-electron chi connectivity index (χ1n) is 5.39. The van der Waals surface area contributed by atoms with Crippen LogP contribution in [0.3, 0.4) is 0 Å². The third-order valence-corrected chi connectivity index (χ3v) is 3.06. The predicted molar refractivity (Wildman–Crippen MR) is 66.3 cm³/mol. The van der Waals surface area contributed by atoms with Gasteiger partial charge in [0, 0.05) is 35.9 Å². The van der Waals surface area contributed by atoms with Crippen LogP contribution in [0.5, 0.6) is 0 Å². The molecule has 0 bridgehead atoms. The van der Waals surface area contributed by atoms with Crippen LogP contribution in [0.15, 0.2) is 0 Å². The van der Waals surface area contributed by atoms with Crippen molar-refractivity contribution in [3.8, 4) is 0 Å². The fraction of sp³-hybridized carbons (Fsp3) is 0.800. The number of nitrogens with one attached hydrogen (secondary N) is 2. The molecular weight excluding hydrogens is 244 g/mol. The van der Waals surface area contributed by atoms with Crippen molar-refractivity contribution in [3.63, 3.8) is 0 Å². The van der Waals surface area contributed by atoms with Crippen molar-refractivity contribution < 1.29 is 18.9 Å². The second kappa shape index (κ2) is 8.05. The Bertz CT molecular complexity index is 294. The van der Waals surface area contributed by atoms with E-state index in [9.17, 15) is 13.8 Å². The Morgan fingerprint density at radius 2 is 1.88 bits per heavy atom. The quantitative estimate of drug-likeness (QED) is 0.604. The fourth-order valence-corrected chi connectivity index (χ4v) is 1.57. The molecule has 0 saturated carbocycles. The lowest BCUT2D eigenvalue weighted by Gasteiger charge is -2.16. The van der Waals surface area contributed by atoms with Crippen LogP contribution >= 0.6 is 0 Å². The monoisotopic (exact) mass is 264 g/mol. The van der Waals surface area contributed by atoms with E-state index in [-0.39, 0.29) is 12.5 Å². The molecule has 2 amide bonds. The van der Waals surface area contributed by atoms with Crippen molar-refractivity contribution in [2.24, 2.45) is 11.8 Å². The fourth-order valence-electron chi connectivity index (χ4n) is 1.18. The van der Waals surface area contributed by atoms with Gasteiger partial charge in [-0.25, -0.2) is 4.79 Å². The van der Waals surface area contributed by atoms with Crippen molar-refractivity contribution in [2.75, 3.05) is 25.1 Å². The second-order valence-corrected chi connectivity index (χ2v) is 5.66. The van der Waals surface area contributed by atoms with Gasteiger partial charge in [-0.2, -0.15) is 0 Å². The van der Waals surface area contributed by atoms with Crippen LogP contribution < -0.4 is 10.6 Å². The van der Waals surface area contributed by atoms with Gasteiger partial charge in [0.05, 0.1) is 5.92 Å². The highest BCUT2D eigenvalue weighted by Gasteiger charge is 2.21. The third-order valence-electron chi connectivity index (χ3n) is 2.28. The molecule has 0 aliphatic carbocycles. The van der Waals surface area contributed by atoms with E-state index in [2.05, 4.69) is 10.6 Å². The smallest absolute Gasteiger partial charge is 0.314 e. The van der Waals surface area contributed by atoms with E-state index in [1.165, 1.54) is 0 Å². The zero-order valence-electron chi connectivity index (χ0n) is 10.4. The van der Waals surface area contributed by atoms with Gasteiger partial charge in [-0.15, -0.1) is 0 Å². The number of carboxylic acids is 1. The van der Waals surface area contributed by atoms with Crippen LogP contribution in [0.4, 0.5) is 4.79 Å². The normalized spacial score (nSPS) is 14.1. The summed E-state index contributed by atoms with van der Waals surface area (Å²) in [6.45, 7) is 3.99. The van der Waals surface area contributed by atoms with Gasteiger partial charge < -0.3 is 15.7 Å². The Hall–Kier alpha value is -1.11. The van der Waals surface area contributed by atoms with Gasteiger partial charge in [-0.3, -0.25) is 9.00 Å². The molecule has 0 aromatic heterocycles. The Labute approximate surface area is 104 Å². The summed E-state index contributed by atoms with van der Waals surface area (Å²) in [4.78, 5) is 22.1. The molecule has 0 aliphatic rings. The Morgan fingerprint density at radius 1 is 1.29 bits per heavy atom. The lowest BCUT2D eigenvalue weighted by atomic mass is 9.96. The first-order valence-corrected chi connectivity index (χ1v) is 7.11. The summed E-state index contributed by atoms with van der Waals surface area (Å²) in [7, 11) is -0.946. The van der Waals surface area contributed by atoms with E-state index < -0.39 is 28.7 Å². The standard InChI is InChI=1S/C10H20N2O4S/c1-7(2)8(9(13)14)6-12-10(15)11-4-5-17(3)16/h7-8H,4-6H2,1-3H3,(H,13,14)(H2,11,12,15). The first-order chi connectivity index (χ1) is 7.84. The van der Waals surface area contributed by atoms with Crippen LogP contribution in [0.25, 0.3) is 0 Å². The van der Waals surface area contributed by atoms with Gasteiger partial charge in [0.1, 0.15) is 0 Å². The van der Waals surface area contributed by atoms with Gasteiger partial charge in [-0.1, -0.05) is 13.8 Å². The minimum Gasteiger partial charge on any atom is -0.481 e. The number of rotatable bonds is 7. The third kappa shape index (κ3) is 7.73. The summed E-state index contributed by atoms with van der Waals surface area (Å²) < 4.78 is 10.7. The molecule has 0 heterocycles. The molecule has 0 aromatic carbocycles. The number of carbonyl (C=O) groups is 2. The number of carboxylic acid groups (broad SMARTS) is 1. The van der Waals surface area contributed by atoms with Crippen molar-refractivity contribution >= 4 is 22.8 Å². The average molecular weight is 264 g/mol. The number of hydrogen-bond acceptors (Lipinski definition) is 3. The van der Waals surface area contributed by atoms with E-state index in [1.54, 1.807) is 20.1 Å². The first kappa shape index (κ1) is 15.9. The molecule has 3 N–H and O–H groups in total. The van der Waals surface area contributed by atoms with Crippen molar-refractivity contribution in [2.45, 2.75) is 13.8 Å². The van der Waals surface area contributed by atoms with E-state index in [0.29, 0.717) is 12.3 Å². The largest absolute Gasteiger partial charge is 0.481 e. The molecule has 0 saturated heterocycles. The zero-order valence-corrected chi connectivity index (χ0v) is 11.2.